The molecular weight excluding hydrogens is 325 g/mol. The standard InChI is InChI=1S/C16H21F3N2O3/c1-4-21(10-15(2,3)24)13(22)9-20-14(23)11-5-7-12(8-6-11)16(17,18)19/h5-8,24H,4,9-10H2,1-3H3,(H,20,23). The number of aliphatic hydroxyl groups is 1. The maximum Gasteiger partial charge on any atom is 0.416 e. The third kappa shape index (κ3) is 6.19. The second-order valence-electron chi connectivity index (χ2n) is 5.98. The smallest absolute Gasteiger partial charge is 0.389 e. The summed E-state index contributed by atoms with van der Waals surface area (Å²) in [6.45, 7) is 5.02. The minimum absolute atomic E-state index is 0.0290. The summed E-state index contributed by atoms with van der Waals surface area (Å²) in [5, 5.41) is 12.1. The Morgan fingerprint density at radius 3 is 2.12 bits per heavy atom. The average molecular weight is 346 g/mol. The highest BCUT2D eigenvalue weighted by molar-refractivity contribution is 5.96. The van der Waals surface area contributed by atoms with Gasteiger partial charge in [0.15, 0.2) is 0 Å². The molecule has 134 valence electrons. The number of nitrogens with one attached hydrogen (secondary N) is 1. The van der Waals surface area contributed by atoms with Gasteiger partial charge in [-0.1, -0.05) is 0 Å². The monoisotopic (exact) mass is 346 g/mol. The number of amides is 2. The van der Waals surface area contributed by atoms with Crippen LogP contribution in [0, 0.1) is 0 Å². The van der Waals surface area contributed by atoms with Crippen LogP contribution in [-0.2, 0) is 11.0 Å². The van der Waals surface area contributed by atoms with E-state index in [0.29, 0.717) is 6.54 Å². The Morgan fingerprint density at radius 2 is 1.71 bits per heavy atom. The number of hydrogen-bond donors (Lipinski definition) is 2. The van der Waals surface area contributed by atoms with Crippen LogP contribution >= 0.6 is 0 Å². The number of halogens is 3. The summed E-state index contributed by atoms with van der Waals surface area (Å²) in [6.07, 6.45) is -4.47. The molecule has 0 aromatic heterocycles. The van der Waals surface area contributed by atoms with Crippen molar-refractivity contribution in [1.82, 2.24) is 10.2 Å². The summed E-state index contributed by atoms with van der Waals surface area (Å²) in [4.78, 5) is 25.3. The van der Waals surface area contributed by atoms with Crippen LogP contribution in [0.15, 0.2) is 24.3 Å². The molecule has 0 fully saturated rings. The van der Waals surface area contributed by atoms with E-state index in [4.69, 9.17) is 0 Å². The fourth-order valence-corrected chi connectivity index (χ4v) is 2.02. The number of hydrogen-bond acceptors (Lipinski definition) is 3. The van der Waals surface area contributed by atoms with E-state index in [9.17, 15) is 27.9 Å². The van der Waals surface area contributed by atoms with Crippen molar-refractivity contribution in [1.29, 1.82) is 0 Å². The zero-order valence-corrected chi connectivity index (χ0v) is 13.8. The van der Waals surface area contributed by atoms with Crippen molar-refractivity contribution in [2.45, 2.75) is 32.5 Å². The first-order valence-electron chi connectivity index (χ1n) is 7.39. The average Bonchev–Trinajstić information content (AvgIpc) is 2.48. The summed E-state index contributed by atoms with van der Waals surface area (Å²) in [5.41, 5.74) is -1.89. The molecule has 0 heterocycles. The SMILES string of the molecule is CCN(CC(C)(C)O)C(=O)CNC(=O)c1ccc(C(F)(F)F)cc1. The summed E-state index contributed by atoms with van der Waals surface area (Å²) in [5.74, 6) is -1.03. The second-order valence-corrected chi connectivity index (χ2v) is 5.98. The van der Waals surface area contributed by atoms with E-state index in [1.54, 1.807) is 20.8 Å². The molecule has 2 amide bonds. The van der Waals surface area contributed by atoms with Gasteiger partial charge in [0.2, 0.25) is 5.91 Å². The van der Waals surface area contributed by atoms with Crippen molar-refractivity contribution in [2.24, 2.45) is 0 Å². The van der Waals surface area contributed by atoms with Gasteiger partial charge >= 0.3 is 6.18 Å². The van der Waals surface area contributed by atoms with Crippen LogP contribution in [0.4, 0.5) is 13.2 Å². The van der Waals surface area contributed by atoms with Gasteiger partial charge in [-0.05, 0) is 45.0 Å². The van der Waals surface area contributed by atoms with E-state index in [0.717, 1.165) is 24.3 Å². The Labute approximate surface area is 138 Å². The van der Waals surface area contributed by atoms with Crippen LogP contribution in [0.5, 0.6) is 0 Å². The molecule has 0 saturated heterocycles. The predicted molar refractivity (Wildman–Crippen MR) is 82.3 cm³/mol. The molecule has 0 aliphatic rings. The summed E-state index contributed by atoms with van der Waals surface area (Å²) in [7, 11) is 0. The van der Waals surface area contributed by atoms with E-state index in [1.807, 2.05) is 0 Å². The minimum Gasteiger partial charge on any atom is -0.389 e. The zero-order valence-electron chi connectivity index (χ0n) is 13.8. The normalized spacial score (nSPS) is 12.0. The molecule has 0 bridgehead atoms. The van der Waals surface area contributed by atoms with Crippen molar-refractivity contribution in [3.8, 4) is 0 Å². The van der Waals surface area contributed by atoms with Gasteiger partial charge in [0.25, 0.3) is 5.91 Å². The summed E-state index contributed by atoms with van der Waals surface area (Å²) >= 11 is 0. The lowest BCUT2D eigenvalue weighted by atomic mass is 10.1. The largest absolute Gasteiger partial charge is 0.416 e. The molecule has 0 unspecified atom stereocenters. The van der Waals surface area contributed by atoms with Gasteiger partial charge in [-0.3, -0.25) is 9.59 Å². The molecular formula is C16H21F3N2O3. The molecule has 0 spiro atoms. The quantitative estimate of drug-likeness (QED) is 0.828. The topological polar surface area (TPSA) is 69.6 Å². The first kappa shape index (κ1) is 20.0. The fourth-order valence-electron chi connectivity index (χ4n) is 2.02. The van der Waals surface area contributed by atoms with Crippen molar-refractivity contribution in [3.63, 3.8) is 0 Å². The summed E-state index contributed by atoms with van der Waals surface area (Å²) < 4.78 is 37.4. The van der Waals surface area contributed by atoms with E-state index in [1.165, 1.54) is 4.90 Å². The minimum atomic E-state index is -4.47. The molecule has 0 atom stereocenters. The number of carbonyl (C=O) groups is 2. The first-order valence-corrected chi connectivity index (χ1v) is 7.39. The van der Waals surface area contributed by atoms with Gasteiger partial charge in [-0.2, -0.15) is 13.2 Å². The molecule has 2 N–H and O–H groups in total. The highest BCUT2D eigenvalue weighted by atomic mass is 19.4. The van der Waals surface area contributed by atoms with Crippen molar-refractivity contribution in [2.75, 3.05) is 19.6 Å². The summed E-state index contributed by atoms with van der Waals surface area (Å²) in [6, 6.07) is 3.72. The number of alkyl halides is 3. The van der Waals surface area contributed by atoms with Gasteiger partial charge in [0.1, 0.15) is 0 Å². The molecule has 1 aromatic carbocycles. The van der Waals surface area contributed by atoms with E-state index >= 15 is 0 Å². The van der Waals surface area contributed by atoms with E-state index in [2.05, 4.69) is 5.32 Å². The lowest BCUT2D eigenvalue weighted by Crippen LogP contribution is -2.46. The maximum absolute atomic E-state index is 12.5. The lowest BCUT2D eigenvalue weighted by Gasteiger charge is -2.28. The molecule has 0 radical (unpaired) electrons. The second kappa shape index (κ2) is 7.65. The zero-order chi connectivity index (χ0) is 18.5. The van der Waals surface area contributed by atoms with Crippen LogP contribution in [0.25, 0.3) is 0 Å². The predicted octanol–water partition coefficient (Wildman–Crippen LogP) is 2.05. The third-order valence-electron chi connectivity index (χ3n) is 3.19. The Morgan fingerprint density at radius 1 is 1.17 bits per heavy atom. The molecule has 0 aliphatic carbocycles. The number of nitrogens with zero attached hydrogens (tertiary/aromatic N) is 1. The Hall–Kier alpha value is -2.09. The van der Waals surface area contributed by atoms with E-state index < -0.39 is 23.2 Å². The third-order valence-corrected chi connectivity index (χ3v) is 3.19. The lowest BCUT2D eigenvalue weighted by molar-refractivity contribution is -0.137. The molecule has 1 aromatic rings. The van der Waals surface area contributed by atoms with Crippen molar-refractivity contribution < 1.29 is 27.9 Å². The maximum atomic E-state index is 12.5. The number of benzene rings is 1. The van der Waals surface area contributed by atoms with Crippen molar-refractivity contribution >= 4 is 11.8 Å². The molecule has 24 heavy (non-hydrogen) atoms. The molecule has 8 heteroatoms. The van der Waals surface area contributed by atoms with Gasteiger partial charge in [0, 0.05) is 18.7 Å². The van der Waals surface area contributed by atoms with Crippen molar-refractivity contribution in [3.05, 3.63) is 35.4 Å². The molecule has 0 saturated carbocycles. The Kier molecular flexibility index (Phi) is 6.36. The molecule has 1 rings (SSSR count). The molecule has 0 aliphatic heterocycles. The van der Waals surface area contributed by atoms with Gasteiger partial charge < -0.3 is 15.3 Å². The Balaban J connectivity index is 2.63. The first-order chi connectivity index (χ1) is 10.9. The van der Waals surface area contributed by atoms with Crippen LogP contribution < -0.4 is 5.32 Å². The van der Waals surface area contributed by atoms with Gasteiger partial charge in [0.05, 0.1) is 17.7 Å². The number of rotatable bonds is 6. The molecule has 5 nitrogen and oxygen atoms in total. The van der Waals surface area contributed by atoms with Crippen LogP contribution in [0.1, 0.15) is 36.7 Å². The highest BCUT2D eigenvalue weighted by Gasteiger charge is 2.30. The van der Waals surface area contributed by atoms with E-state index in [-0.39, 0.29) is 24.6 Å². The fraction of sp³-hybridized carbons (Fsp3) is 0.500. The number of carbonyl (C=O) groups excluding carboxylic acids is 2. The van der Waals surface area contributed by atoms with Crippen LogP contribution in [0.2, 0.25) is 0 Å². The van der Waals surface area contributed by atoms with Gasteiger partial charge in [-0.15, -0.1) is 0 Å². The van der Waals surface area contributed by atoms with Crippen LogP contribution in [-0.4, -0.2) is 47.1 Å². The van der Waals surface area contributed by atoms with Gasteiger partial charge in [-0.25, -0.2) is 0 Å². The van der Waals surface area contributed by atoms with Crippen LogP contribution in [0.3, 0.4) is 0 Å². The number of likely N-dealkylation sites (N-methyl/N-ethyl adjacent to an activating group) is 1. The Bertz CT molecular complexity index is 578. The highest BCUT2D eigenvalue weighted by Crippen LogP contribution is 2.29.